The number of hydrogen-bond donors (Lipinski definition) is 2. The van der Waals surface area contributed by atoms with Crippen LogP contribution in [0.5, 0.6) is 0 Å². The Bertz CT molecular complexity index is 699. The molecule has 23 heavy (non-hydrogen) atoms. The summed E-state index contributed by atoms with van der Waals surface area (Å²) < 4.78 is 18.1. The summed E-state index contributed by atoms with van der Waals surface area (Å²) in [6, 6.07) is 5.11. The maximum absolute atomic E-state index is 13.2. The summed E-state index contributed by atoms with van der Waals surface area (Å²) in [6.07, 6.45) is 1.34. The normalized spacial score (nSPS) is 11.8. The van der Waals surface area contributed by atoms with E-state index in [0.717, 1.165) is 0 Å². The average molecular weight is 339 g/mol. The Morgan fingerprint density at radius 2 is 2.17 bits per heavy atom. The van der Waals surface area contributed by atoms with E-state index in [4.69, 9.17) is 16.3 Å². The van der Waals surface area contributed by atoms with Crippen LogP contribution in [0.3, 0.4) is 0 Å². The summed E-state index contributed by atoms with van der Waals surface area (Å²) in [5.41, 5.74) is 1.34. The van der Waals surface area contributed by atoms with Gasteiger partial charge < -0.3 is 10.1 Å². The molecule has 2 amide bonds. The predicted octanol–water partition coefficient (Wildman–Crippen LogP) is 3.30. The second-order valence-corrected chi connectivity index (χ2v) is 5.23. The van der Waals surface area contributed by atoms with Gasteiger partial charge >= 0.3 is 6.03 Å². The van der Waals surface area contributed by atoms with Crippen LogP contribution in [0.1, 0.15) is 24.2 Å². The number of amides is 2. The molecule has 1 atom stereocenters. The topological polar surface area (TPSA) is 76.1 Å². The molecule has 1 aromatic heterocycles. The summed E-state index contributed by atoms with van der Waals surface area (Å²) >= 11 is 5.74. The maximum Gasteiger partial charge on any atom is 0.320 e. The van der Waals surface area contributed by atoms with Crippen molar-refractivity contribution in [2.24, 2.45) is 0 Å². The number of rotatable bonds is 5. The maximum atomic E-state index is 13.2. The molecule has 122 valence electrons. The van der Waals surface area contributed by atoms with E-state index in [1.54, 1.807) is 26.2 Å². The van der Waals surface area contributed by atoms with Gasteiger partial charge in [0.05, 0.1) is 23.4 Å². The van der Waals surface area contributed by atoms with Crippen molar-refractivity contribution >= 4 is 23.4 Å². The number of carbonyl (C=O) groups excluding carboxylic acids is 1. The Labute approximate surface area is 138 Å². The highest BCUT2D eigenvalue weighted by Gasteiger charge is 2.12. The molecule has 0 spiro atoms. The number of halogens is 2. The van der Waals surface area contributed by atoms with Crippen LogP contribution in [0.2, 0.25) is 5.02 Å². The van der Waals surface area contributed by atoms with Crippen molar-refractivity contribution in [3.8, 4) is 0 Å². The van der Waals surface area contributed by atoms with Crippen LogP contribution in [0, 0.1) is 5.82 Å². The fourth-order valence-corrected chi connectivity index (χ4v) is 2.10. The van der Waals surface area contributed by atoms with Gasteiger partial charge in [-0.15, -0.1) is 0 Å². The second kappa shape index (κ2) is 7.85. The number of nitrogens with zero attached hydrogens (tertiary/aromatic N) is 2. The zero-order valence-electron chi connectivity index (χ0n) is 12.6. The lowest BCUT2D eigenvalue weighted by Crippen LogP contribution is -2.31. The Balaban J connectivity index is 1.98. The summed E-state index contributed by atoms with van der Waals surface area (Å²) in [5.74, 6) is -0.146. The Morgan fingerprint density at radius 3 is 2.87 bits per heavy atom. The third-order valence-corrected chi connectivity index (χ3v) is 3.34. The molecular weight excluding hydrogens is 323 g/mol. The molecule has 2 aromatic rings. The number of hydrogen-bond acceptors (Lipinski definition) is 4. The smallest absolute Gasteiger partial charge is 0.320 e. The molecule has 8 heteroatoms. The minimum atomic E-state index is -0.501. The Hall–Kier alpha value is -2.25. The lowest BCUT2D eigenvalue weighted by atomic mass is 10.1. The quantitative estimate of drug-likeness (QED) is 0.877. The van der Waals surface area contributed by atoms with E-state index in [9.17, 15) is 9.18 Å². The third-order valence-electron chi connectivity index (χ3n) is 3.05. The van der Waals surface area contributed by atoms with Gasteiger partial charge in [0, 0.05) is 13.2 Å². The number of urea groups is 1. The van der Waals surface area contributed by atoms with Gasteiger partial charge in [0.1, 0.15) is 18.0 Å². The highest BCUT2D eigenvalue weighted by atomic mass is 35.5. The van der Waals surface area contributed by atoms with Crippen LogP contribution in [-0.2, 0) is 11.3 Å². The van der Waals surface area contributed by atoms with Gasteiger partial charge in [0.15, 0.2) is 0 Å². The highest BCUT2D eigenvalue weighted by molar-refractivity contribution is 6.30. The number of methoxy groups -OCH3 is 1. The van der Waals surface area contributed by atoms with Crippen LogP contribution < -0.4 is 10.6 Å². The molecular formula is C15H16ClFN4O2. The zero-order valence-corrected chi connectivity index (χ0v) is 13.4. The third kappa shape index (κ3) is 4.87. The van der Waals surface area contributed by atoms with Crippen molar-refractivity contribution in [1.29, 1.82) is 0 Å². The summed E-state index contributed by atoms with van der Waals surface area (Å²) in [5, 5.41) is 5.33. The van der Waals surface area contributed by atoms with Crippen molar-refractivity contribution in [2.45, 2.75) is 19.6 Å². The van der Waals surface area contributed by atoms with Crippen molar-refractivity contribution in [3.63, 3.8) is 0 Å². The van der Waals surface area contributed by atoms with Gasteiger partial charge in [0.25, 0.3) is 0 Å². The molecule has 2 rings (SSSR count). The van der Waals surface area contributed by atoms with Crippen molar-refractivity contribution < 1.29 is 13.9 Å². The lowest BCUT2D eigenvalue weighted by molar-refractivity contribution is 0.181. The monoisotopic (exact) mass is 338 g/mol. The van der Waals surface area contributed by atoms with Crippen LogP contribution in [0.15, 0.2) is 30.6 Å². The fourth-order valence-electron chi connectivity index (χ4n) is 1.91. The second-order valence-electron chi connectivity index (χ2n) is 4.82. The standard InChI is InChI=1S/C15H16ClFN4O2/c1-9(10-3-4-13(17)12(16)5-10)20-15(22)21-14-6-11(7-23-2)18-8-19-14/h3-6,8-9H,7H2,1-2H3,(H2,18,19,20,21,22)/t9-/m1/s1. The van der Waals surface area contributed by atoms with Gasteiger partial charge in [-0.3, -0.25) is 5.32 Å². The van der Waals surface area contributed by atoms with E-state index in [1.165, 1.54) is 18.5 Å². The lowest BCUT2D eigenvalue weighted by Gasteiger charge is -2.15. The number of benzene rings is 1. The zero-order chi connectivity index (χ0) is 16.8. The molecule has 0 aliphatic heterocycles. The van der Waals surface area contributed by atoms with Gasteiger partial charge in [0.2, 0.25) is 0 Å². The summed E-state index contributed by atoms with van der Waals surface area (Å²) in [6.45, 7) is 2.09. The van der Waals surface area contributed by atoms with Crippen molar-refractivity contribution in [1.82, 2.24) is 15.3 Å². The van der Waals surface area contributed by atoms with Crippen LogP contribution in [0.4, 0.5) is 15.0 Å². The largest absolute Gasteiger partial charge is 0.378 e. The molecule has 0 aliphatic carbocycles. The predicted molar refractivity (Wildman–Crippen MR) is 84.7 cm³/mol. The SMILES string of the molecule is COCc1cc(NC(=O)N[C@H](C)c2ccc(F)c(Cl)c2)ncn1. The first kappa shape index (κ1) is 17.1. The van der Waals surface area contributed by atoms with E-state index in [-0.39, 0.29) is 11.1 Å². The van der Waals surface area contributed by atoms with Crippen LogP contribution >= 0.6 is 11.6 Å². The first-order chi connectivity index (χ1) is 11.0. The number of ether oxygens (including phenoxy) is 1. The molecule has 0 bridgehead atoms. The number of anilines is 1. The van der Waals surface area contributed by atoms with Gasteiger partial charge in [-0.05, 0) is 24.6 Å². The van der Waals surface area contributed by atoms with E-state index < -0.39 is 11.8 Å². The molecule has 1 heterocycles. The van der Waals surface area contributed by atoms with E-state index in [0.29, 0.717) is 23.7 Å². The van der Waals surface area contributed by atoms with Gasteiger partial charge in [-0.25, -0.2) is 19.2 Å². The number of carbonyl (C=O) groups is 1. The minimum absolute atomic E-state index is 0.0107. The van der Waals surface area contributed by atoms with E-state index >= 15 is 0 Å². The Morgan fingerprint density at radius 1 is 1.39 bits per heavy atom. The fraction of sp³-hybridized carbons (Fsp3) is 0.267. The molecule has 0 radical (unpaired) electrons. The molecule has 6 nitrogen and oxygen atoms in total. The Kier molecular flexibility index (Phi) is 5.84. The first-order valence-corrected chi connectivity index (χ1v) is 7.19. The van der Waals surface area contributed by atoms with Crippen molar-refractivity contribution in [3.05, 3.63) is 52.7 Å². The number of nitrogens with one attached hydrogen (secondary N) is 2. The van der Waals surface area contributed by atoms with Crippen LogP contribution in [0.25, 0.3) is 0 Å². The summed E-state index contributed by atoms with van der Waals surface area (Å²) in [7, 11) is 1.55. The van der Waals surface area contributed by atoms with Gasteiger partial charge in [-0.2, -0.15) is 0 Å². The molecule has 0 aliphatic rings. The molecule has 1 aromatic carbocycles. The van der Waals surface area contributed by atoms with Crippen molar-refractivity contribution in [2.75, 3.05) is 12.4 Å². The molecule has 2 N–H and O–H groups in total. The molecule has 0 saturated heterocycles. The first-order valence-electron chi connectivity index (χ1n) is 6.82. The molecule has 0 fully saturated rings. The summed E-state index contributed by atoms with van der Waals surface area (Å²) in [4.78, 5) is 20.0. The van der Waals surface area contributed by atoms with E-state index in [2.05, 4.69) is 20.6 Å². The van der Waals surface area contributed by atoms with E-state index in [1.807, 2.05) is 0 Å². The minimum Gasteiger partial charge on any atom is -0.378 e. The van der Waals surface area contributed by atoms with Crippen LogP contribution in [-0.4, -0.2) is 23.1 Å². The molecule has 0 unspecified atom stereocenters. The van der Waals surface area contributed by atoms with Gasteiger partial charge in [-0.1, -0.05) is 17.7 Å². The highest BCUT2D eigenvalue weighted by Crippen LogP contribution is 2.20. The molecule has 0 saturated carbocycles. The average Bonchev–Trinajstić information content (AvgIpc) is 2.50. The number of aromatic nitrogens is 2.